The average molecular weight is 520 g/mol. The Hall–Kier alpha value is -4.23. The second-order valence-electron chi connectivity index (χ2n) is 9.17. The van der Waals surface area contributed by atoms with Gasteiger partial charge < -0.3 is 26.0 Å². The maximum Gasteiger partial charge on any atom is 0.140 e. The van der Waals surface area contributed by atoms with Crippen molar-refractivity contribution in [3.63, 3.8) is 0 Å². The van der Waals surface area contributed by atoms with Crippen molar-refractivity contribution in [1.29, 1.82) is 0 Å². The van der Waals surface area contributed by atoms with E-state index in [4.69, 9.17) is 5.73 Å². The predicted octanol–water partition coefficient (Wildman–Crippen LogP) is 7.91. The zero-order valence-electron chi connectivity index (χ0n) is 20.9. The van der Waals surface area contributed by atoms with Crippen LogP contribution in [0.2, 0.25) is 0 Å². The van der Waals surface area contributed by atoms with Gasteiger partial charge in [-0.2, -0.15) is 0 Å². The Kier molecular flexibility index (Phi) is 7.38. The van der Waals surface area contributed by atoms with Gasteiger partial charge in [0.25, 0.3) is 0 Å². The van der Waals surface area contributed by atoms with E-state index in [-0.39, 0.29) is 0 Å². The highest BCUT2D eigenvalue weighted by molar-refractivity contribution is 7.93. The van der Waals surface area contributed by atoms with E-state index in [0.29, 0.717) is 5.69 Å². The number of anilines is 5. The third kappa shape index (κ3) is 5.38. The fourth-order valence-corrected chi connectivity index (χ4v) is 4.70. The molecule has 0 saturated heterocycles. The molecule has 0 bridgehead atoms. The highest BCUT2D eigenvalue weighted by Crippen LogP contribution is 2.39. The zero-order chi connectivity index (χ0) is 26.5. The Labute approximate surface area is 227 Å². The molecule has 0 spiro atoms. The van der Waals surface area contributed by atoms with Gasteiger partial charge in [-0.3, -0.25) is 0 Å². The van der Waals surface area contributed by atoms with Gasteiger partial charge >= 0.3 is 0 Å². The van der Waals surface area contributed by atoms with Crippen LogP contribution in [0, 0.1) is 6.92 Å². The molecular formula is C32H29N3O2S. The lowest BCUT2D eigenvalue weighted by atomic mass is 9.79. The van der Waals surface area contributed by atoms with Gasteiger partial charge in [0.05, 0.1) is 0 Å². The van der Waals surface area contributed by atoms with Crippen molar-refractivity contribution in [3.8, 4) is 0 Å². The first-order valence-corrected chi connectivity index (χ1v) is 13.0. The van der Waals surface area contributed by atoms with Gasteiger partial charge in [-0.15, -0.1) is 0 Å². The standard InChI is InChI=1S/C32H29N3O2S/c1-22-21-25(11-20-31(22)33)32(36,23-7-12-27(13-8-23)34-26-5-3-2-4-6-26)24-9-14-28(15-10-24)35-29-16-18-30(38-37)19-17-29/h2-21,34-37H,33H2,1H3. The highest BCUT2D eigenvalue weighted by atomic mass is 32.2. The summed E-state index contributed by atoms with van der Waals surface area (Å²) >= 11 is 0.720. The van der Waals surface area contributed by atoms with Gasteiger partial charge in [0, 0.05) is 45.4 Å². The second kappa shape index (κ2) is 11.0. The summed E-state index contributed by atoms with van der Waals surface area (Å²) in [7, 11) is 0. The van der Waals surface area contributed by atoms with Crippen molar-refractivity contribution in [3.05, 3.63) is 144 Å². The van der Waals surface area contributed by atoms with Gasteiger partial charge in [-0.1, -0.05) is 54.6 Å². The molecule has 5 aromatic carbocycles. The maximum atomic E-state index is 12.4. The molecule has 5 aromatic rings. The molecule has 6 heteroatoms. The molecule has 0 fully saturated rings. The molecule has 0 aliphatic rings. The second-order valence-corrected chi connectivity index (χ2v) is 9.82. The number of hydrogen-bond acceptors (Lipinski definition) is 6. The Morgan fingerprint density at radius 1 is 0.605 bits per heavy atom. The molecule has 0 saturated carbocycles. The number of aliphatic hydroxyl groups is 1. The molecule has 0 amide bonds. The third-order valence-corrected chi connectivity index (χ3v) is 7.09. The van der Waals surface area contributed by atoms with Crippen molar-refractivity contribution in [2.45, 2.75) is 17.4 Å². The number of para-hydroxylation sites is 1. The van der Waals surface area contributed by atoms with Gasteiger partial charge in [-0.25, -0.2) is 0 Å². The minimum atomic E-state index is -1.39. The van der Waals surface area contributed by atoms with Gasteiger partial charge in [0.15, 0.2) is 0 Å². The van der Waals surface area contributed by atoms with E-state index >= 15 is 0 Å². The van der Waals surface area contributed by atoms with Crippen LogP contribution in [0.25, 0.3) is 0 Å². The molecule has 6 N–H and O–H groups in total. The first kappa shape index (κ1) is 25.4. The van der Waals surface area contributed by atoms with Crippen LogP contribution < -0.4 is 16.4 Å². The van der Waals surface area contributed by atoms with E-state index in [1.807, 2.05) is 128 Å². The van der Waals surface area contributed by atoms with Crippen LogP contribution in [0.3, 0.4) is 0 Å². The molecule has 0 heterocycles. The SMILES string of the molecule is Cc1cc(C(O)(c2ccc(Nc3ccccc3)cc2)c2ccc(Nc3ccc(SO)cc3)cc2)ccc1N. The predicted molar refractivity (Wildman–Crippen MR) is 159 cm³/mol. The number of hydrogen-bond donors (Lipinski definition) is 5. The number of nitrogens with one attached hydrogen (secondary N) is 2. The summed E-state index contributed by atoms with van der Waals surface area (Å²) in [6, 6.07) is 38.8. The Morgan fingerprint density at radius 2 is 1.05 bits per heavy atom. The molecule has 1 unspecified atom stereocenters. The van der Waals surface area contributed by atoms with Crippen molar-refractivity contribution in [2.75, 3.05) is 16.4 Å². The molecule has 5 rings (SSSR count). The molecule has 5 nitrogen and oxygen atoms in total. The summed E-state index contributed by atoms with van der Waals surface area (Å²) in [6.07, 6.45) is 0. The Bertz CT molecular complexity index is 1510. The van der Waals surface area contributed by atoms with Crippen LogP contribution in [0.4, 0.5) is 28.4 Å². The number of nitrogen functional groups attached to an aromatic ring is 1. The quantitative estimate of drug-likeness (QED) is 0.0813. The molecule has 190 valence electrons. The minimum Gasteiger partial charge on any atom is -0.399 e. The summed E-state index contributed by atoms with van der Waals surface area (Å²) in [5, 5.41) is 19.1. The topological polar surface area (TPSA) is 90.5 Å². The lowest BCUT2D eigenvalue weighted by Gasteiger charge is -2.31. The van der Waals surface area contributed by atoms with Crippen LogP contribution in [0.5, 0.6) is 0 Å². The zero-order valence-corrected chi connectivity index (χ0v) is 21.7. The number of nitrogens with two attached hydrogens (primary N) is 1. The van der Waals surface area contributed by atoms with Crippen LogP contribution in [-0.2, 0) is 5.60 Å². The average Bonchev–Trinajstić information content (AvgIpc) is 2.96. The monoisotopic (exact) mass is 519 g/mol. The fourth-order valence-electron chi connectivity index (χ4n) is 4.44. The smallest absolute Gasteiger partial charge is 0.140 e. The molecule has 0 aliphatic carbocycles. The summed E-state index contributed by atoms with van der Waals surface area (Å²) in [5.41, 5.74) is 12.3. The third-order valence-electron chi connectivity index (χ3n) is 6.60. The molecule has 0 radical (unpaired) electrons. The molecule has 0 aromatic heterocycles. The van der Waals surface area contributed by atoms with Crippen LogP contribution in [0.15, 0.2) is 126 Å². The van der Waals surface area contributed by atoms with Gasteiger partial charge in [0.1, 0.15) is 5.60 Å². The molecule has 38 heavy (non-hydrogen) atoms. The normalized spacial score (nSPS) is 12.5. The summed E-state index contributed by atoms with van der Waals surface area (Å²) in [5.74, 6) is 0. The Morgan fingerprint density at radius 3 is 1.53 bits per heavy atom. The fraction of sp³-hybridized carbons (Fsp3) is 0.0625. The van der Waals surface area contributed by atoms with Gasteiger partial charge in [-0.05, 0) is 95.9 Å². The summed E-state index contributed by atoms with van der Waals surface area (Å²) < 4.78 is 9.19. The number of aryl methyl sites for hydroxylation is 1. The van der Waals surface area contributed by atoms with E-state index in [2.05, 4.69) is 10.6 Å². The molecule has 0 aliphatic heterocycles. The van der Waals surface area contributed by atoms with E-state index in [9.17, 15) is 9.66 Å². The highest BCUT2D eigenvalue weighted by Gasteiger charge is 2.34. The lowest BCUT2D eigenvalue weighted by molar-refractivity contribution is 0.125. The first-order chi connectivity index (χ1) is 18.5. The minimum absolute atomic E-state index is 0.684. The largest absolute Gasteiger partial charge is 0.399 e. The Balaban J connectivity index is 1.48. The lowest BCUT2D eigenvalue weighted by Crippen LogP contribution is -2.29. The van der Waals surface area contributed by atoms with E-state index in [1.54, 1.807) is 0 Å². The van der Waals surface area contributed by atoms with Crippen LogP contribution >= 0.6 is 12.0 Å². The number of rotatable bonds is 8. The van der Waals surface area contributed by atoms with Gasteiger partial charge in [0.2, 0.25) is 0 Å². The van der Waals surface area contributed by atoms with Crippen LogP contribution in [-0.4, -0.2) is 9.66 Å². The van der Waals surface area contributed by atoms with Crippen molar-refractivity contribution in [1.82, 2.24) is 0 Å². The first-order valence-electron chi connectivity index (χ1n) is 12.3. The number of benzene rings is 5. The van der Waals surface area contributed by atoms with E-state index < -0.39 is 5.60 Å². The maximum absolute atomic E-state index is 12.4. The van der Waals surface area contributed by atoms with E-state index in [1.165, 1.54) is 0 Å². The summed E-state index contributed by atoms with van der Waals surface area (Å²) in [4.78, 5) is 0.778. The van der Waals surface area contributed by atoms with Crippen molar-refractivity contribution in [2.24, 2.45) is 0 Å². The van der Waals surface area contributed by atoms with E-state index in [0.717, 1.165) is 61.9 Å². The van der Waals surface area contributed by atoms with Crippen molar-refractivity contribution >= 4 is 40.5 Å². The van der Waals surface area contributed by atoms with Crippen LogP contribution in [0.1, 0.15) is 22.3 Å². The molecular weight excluding hydrogens is 490 g/mol. The molecule has 1 atom stereocenters. The summed E-state index contributed by atoms with van der Waals surface area (Å²) in [6.45, 7) is 1.94. The van der Waals surface area contributed by atoms with Crippen molar-refractivity contribution < 1.29 is 9.66 Å².